The van der Waals surface area contributed by atoms with E-state index in [1.165, 1.54) is 0 Å². The summed E-state index contributed by atoms with van der Waals surface area (Å²) >= 11 is 2.33. The number of ether oxygens (including phenoxy) is 24. The van der Waals surface area contributed by atoms with Crippen molar-refractivity contribution in [3.63, 3.8) is 0 Å². The minimum Gasteiger partial charge on any atom is -0.394 e. The third-order valence-corrected chi connectivity index (χ3v) is 25.9. The van der Waals surface area contributed by atoms with Crippen LogP contribution in [-0.2, 0) is 114 Å². The van der Waals surface area contributed by atoms with Crippen LogP contribution >= 0.6 is 22.6 Å². The van der Waals surface area contributed by atoms with Gasteiger partial charge in [-0.05, 0) is 77.0 Å². The lowest BCUT2D eigenvalue weighted by molar-refractivity contribution is -0.413. The lowest BCUT2D eigenvalue weighted by Gasteiger charge is -2.53. The Morgan fingerprint density at radius 1 is 0.167 bits per heavy atom. The molecule has 0 saturated carbocycles. The van der Waals surface area contributed by atoms with Crippen molar-refractivity contribution in [1.29, 1.82) is 0 Å². The van der Waals surface area contributed by atoms with Gasteiger partial charge < -0.3 is 139 Å². The van der Waals surface area contributed by atoms with Gasteiger partial charge in [-0.15, -0.1) is 0 Å². The van der Waals surface area contributed by atoms with E-state index in [1.807, 2.05) is 0 Å². The Morgan fingerprint density at radius 2 is 0.286 bits per heavy atom. The fraction of sp³-hybridized carbons (Fsp3) is 1.00. The third kappa shape index (κ3) is 35.8. The average molecular weight is 1920 g/mol. The highest BCUT2D eigenvalue weighted by Crippen LogP contribution is 2.44. The van der Waals surface area contributed by atoms with Crippen LogP contribution in [0.1, 0.15) is 314 Å². The van der Waals surface area contributed by atoms with E-state index >= 15 is 0 Å². The Labute approximate surface area is 772 Å². The molecule has 0 aliphatic carbocycles. The molecule has 22 aliphatic heterocycles. The van der Waals surface area contributed by atoms with E-state index in [0.717, 1.165) is 161 Å². The highest BCUT2D eigenvalue weighted by molar-refractivity contribution is 14.1. The summed E-state index contributed by atoms with van der Waals surface area (Å²) in [5.41, 5.74) is 0. The van der Waals surface area contributed by atoms with E-state index in [-0.39, 0.29) is 66.1 Å². The van der Waals surface area contributed by atoms with Crippen molar-refractivity contribution in [2.24, 2.45) is 0 Å². The Balaban J connectivity index is 1.56. The van der Waals surface area contributed by atoms with Gasteiger partial charge in [-0.2, -0.15) is 0 Å². The molecular formula is C96H179IO29. The first kappa shape index (κ1) is 113. The molecule has 744 valence electrons. The van der Waals surface area contributed by atoms with E-state index in [4.69, 9.17) is 114 Å². The number of hydrogen-bond acceptors (Lipinski definition) is 29. The SMILES string of the molecule is CCCCCOC1C2OC(CO)C(OC3OC(CO)C(OC4OC(CO)C(OC5OC(CI)C(OC6OC(CO)C(OC7OC(CO)C(O2)C(OCCCCC)C7OCCCCC)C(OCCCCC)C6OCCCCC)C(OCCCCC)C5OCCCCC)C(OCCCCC)C4OCCCCC)C(OCCCCC)C3OCCCCC)C1OCCCCC. The van der Waals surface area contributed by atoms with Gasteiger partial charge in [0, 0.05) is 83.7 Å². The zero-order valence-electron chi connectivity index (χ0n) is 79.9. The van der Waals surface area contributed by atoms with E-state index in [1.54, 1.807) is 0 Å². The molecule has 0 amide bonds. The molecule has 22 rings (SSSR count). The van der Waals surface area contributed by atoms with Crippen molar-refractivity contribution >= 4 is 22.6 Å². The Kier molecular flexibility index (Phi) is 60.5. The first-order valence-corrected chi connectivity index (χ1v) is 52.3. The van der Waals surface area contributed by atoms with Crippen LogP contribution in [0.3, 0.4) is 0 Å². The van der Waals surface area contributed by atoms with E-state index in [2.05, 4.69) is 106 Å². The van der Waals surface area contributed by atoms with Gasteiger partial charge in [0.05, 0.1) is 39.1 Å². The predicted molar refractivity (Wildman–Crippen MR) is 487 cm³/mol. The summed E-state index contributed by atoms with van der Waals surface area (Å²) in [5.74, 6) is 0. The number of aliphatic hydroxyl groups is 5. The maximum Gasteiger partial charge on any atom is 0.187 e. The maximum absolute atomic E-state index is 12.2. The monoisotopic (exact) mass is 1920 g/mol. The lowest BCUT2D eigenvalue weighted by Crippen LogP contribution is -2.70. The molecule has 0 aromatic rings. The number of halogens is 1. The van der Waals surface area contributed by atoms with Crippen molar-refractivity contribution in [2.75, 3.05) is 117 Å². The summed E-state index contributed by atoms with van der Waals surface area (Å²) in [4.78, 5) is 0. The second-order valence-corrected chi connectivity index (χ2v) is 36.3. The topological polar surface area (TPSA) is 323 Å². The highest BCUT2D eigenvalue weighted by Gasteiger charge is 2.62. The van der Waals surface area contributed by atoms with E-state index in [0.29, 0.717) is 88.3 Å². The fourth-order valence-electron chi connectivity index (χ4n) is 17.8. The van der Waals surface area contributed by atoms with Crippen LogP contribution in [0, 0.1) is 0 Å². The highest BCUT2D eigenvalue weighted by atomic mass is 127. The smallest absolute Gasteiger partial charge is 0.187 e. The van der Waals surface area contributed by atoms with Crippen molar-refractivity contribution in [2.45, 2.75) is 498 Å². The van der Waals surface area contributed by atoms with Gasteiger partial charge in [0.1, 0.15) is 140 Å². The molecule has 0 aromatic heterocycles. The molecule has 22 fully saturated rings. The molecule has 22 heterocycles. The van der Waals surface area contributed by atoms with Crippen LogP contribution in [0.4, 0.5) is 0 Å². The van der Waals surface area contributed by atoms with Crippen LogP contribution in [0.25, 0.3) is 0 Å². The van der Waals surface area contributed by atoms with E-state index < -0.39 is 217 Å². The first-order chi connectivity index (χ1) is 61.9. The van der Waals surface area contributed by atoms with Crippen molar-refractivity contribution in [3.05, 3.63) is 0 Å². The van der Waals surface area contributed by atoms with Crippen molar-refractivity contribution in [1.82, 2.24) is 0 Å². The second-order valence-electron chi connectivity index (χ2n) is 35.4. The minimum absolute atomic E-state index is 0.249. The number of hydrogen-bond donors (Lipinski definition) is 5. The Morgan fingerprint density at radius 3 is 0.405 bits per heavy atom. The molecular weight excluding hydrogens is 1740 g/mol. The van der Waals surface area contributed by atoms with Gasteiger partial charge in [-0.3, -0.25) is 0 Å². The third-order valence-electron chi connectivity index (χ3n) is 25.0. The van der Waals surface area contributed by atoms with Gasteiger partial charge in [-0.1, -0.05) is 260 Å². The maximum atomic E-state index is 12.2. The summed E-state index contributed by atoms with van der Waals surface area (Å²) in [6.45, 7) is 26.0. The van der Waals surface area contributed by atoms with Crippen LogP contribution < -0.4 is 0 Å². The van der Waals surface area contributed by atoms with Crippen LogP contribution in [-0.4, -0.2) is 327 Å². The summed E-state index contributed by atoms with van der Waals surface area (Å²) < 4.78 is 176. The average Bonchev–Trinajstić information content (AvgIpc) is 0.754. The molecule has 22 aliphatic rings. The molecule has 0 spiro atoms. The minimum atomic E-state index is -1.36. The molecule has 30 heteroatoms. The summed E-state index contributed by atoms with van der Waals surface area (Å²) in [6.07, 6.45) is -4.52. The van der Waals surface area contributed by atoms with Crippen LogP contribution in [0.2, 0.25) is 0 Å². The standard InChI is InChI=1S/C96H179IO29/c1-13-25-37-49-103-79-73-67(61-97)115-91(85(79)109-55-43-31-19-7)122-74-68(62-98)117-93(87(111-57-45-33-21-9)80(74)104-50-38-26-14-2)124-76-70(64-100)119-95(89(113-59-47-35-23-11)82(76)106-52-40-28-16-4)126-78-72(66-102)120-96(90(114-60-48-36-24-12)84(78)108-54-42-30-18-6)125-77-71(65-101)118-94(88(112-58-46-34-22-10)83(77)107-53-41-29-17-5)123-75-69(63-99)116-92(121-73)86(110-56-44-32-20-8)81(75)105-51-39-27-15-3/h67-96,98-102H,13-66H2,1-12H3. The first-order valence-electron chi connectivity index (χ1n) is 50.7. The Bertz CT molecular complexity index is 2160. The van der Waals surface area contributed by atoms with Crippen LogP contribution in [0.5, 0.6) is 0 Å². The van der Waals surface area contributed by atoms with Crippen LogP contribution in [0.15, 0.2) is 0 Å². The predicted octanol–water partition coefficient (Wildman–Crippen LogP) is 15.0. The molecule has 12 bridgehead atoms. The number of aliphatic hydroxyl groups excluding tert-OH is 5. The van der Waals surface area contributed by atoms with Crippen molar-refractivity contribution < 1.29 is 139 Å². The molecule has 30 unspecified atom stereocenters. The zero-order chi connectivity index (χ0) is 90.5. The lowest BCUT2D eigenvalue weighted by atomic mass is 9.94. The van der Waals surface area contributed by atoms with E-state index in [9.17, 15) is 25.5 Å². The normalized spacial score (nSPS) is 34.7. The van der Waals surface area contributed by atoms with Gasteiger partial charge in [0.25, 0.3) is 0 Å². The second kappa shape index (κ2) is 67.7. The van der Waals surface area contributed by atoms with Gasteiger partial charge in [0.2, 0.25) is 0 Å². The molecule has 126 heavy (non-hydrogen) atoms. The summed E-state index contributed by atoms with van der Waals surface area (Å²) in [6, 6.07) is 0. The number of alkyl halides is 1. The van der Waals surface area contributed by atoms with Gasteiger partial charge >= 0.3 is 0 Å². The molecule has 22 saturated heterocycles. The molecule has 5 N–H and O–H groups in total. The molecule has 0 radical (unpaired) electrons. The number of rotatable bonds is 66. The zero-order valence-corrected chi connectivity index (χ0v) is 82.1. The number of unbranched alkanes of at least 4 members (excludes halogenated alkanes) is 24. The molecule has 0 aromatic carbocycles. The quantitative estimate of drug-likeness (QED) is 0.0215. The van der Waals surface area contributed by atoms with Gasteiger partial charge in [0.15, 0.2) is 37.7 Å². The molecule has 30 atom stereocenters. The molecule has 29 nitrogen and oxygen atoms in total. The van der Waals surface area contributed by atoms with Gasteiger partial charge in [-0.25, -0.2) is 0 Å². The fourth-order valence-corrected chi connectivity index (χ4v) is 18.5. The Hall–Kier alpha value is -0.430. The largest absolute Gasteiger partial charge is 0.394 e. The summed E-state index contributed by atoms with van der Waals surface area (Å²) in [7, 11) is 0. The summed E-state index contributed by atoms with van der Waals surface area (Å²) in [5, 5.41) is 60.9. The van der Waals surface area contributed by atoms with Crippen molar-refractivity contribution in [3.8, 4) is 0 Å².